The van der Waals surface area contributed by atoms with Gasteiger partial charge in [-0.2, -0.15) is 0 Å². The molecule has 1 saturated heterocycles. The summed E-state index contributed by atoms with van der Waals surface area (Å²) in [4.78, 5) is 39.3. The maximum Gasteiger partial charge on any atom is 0.311 e. The van der Waals surface area contributed by atoms with E-state index in [9.17, 15) is 14.4 Å². The fourth-order valence-electron chi connectivity index (χ4n) is 4.61. The Bertz CT molecular complexity index is 822. The molecule has 29 heavy (non-hydrogen) atoms. The second kappa shape index (κ2) is 8.05. The lowest BCUT2D eigenvalue weighted by Crippen LogP contribution is -2.45. The predicted octanol–water partition coefficient (Wildman–Crippen LogP) is 2.81. The minimum Gasteiger partial charge on any atom is -0.457 e. The first-order valence-electron chi connectivity index (χ1n) is 10.3. The number of Topliss-reactive ketones (excluding diaryl/α,β-unsaturated/α-hetero) is 1. The van der Waals surface area contributed by atoms with Gasteiger partial charge in [-0.1, -0.05) is 26.7 Å². The quantitative estimate of drug-likeness (QED) is 0.557. The Hall–Kier alpha value is -2.57. The second-order valence-corrected chi connectivity index (χ2v) is 8.38. The van der Waals surface area contributed by atoms with Gasteiger partial charge in [0.2, 0.25) is 12.7 Å². The van der Waals surface area contributed by atoms with Gasteiger partial charge in [0.25, 0.3) is 0 Å². The van der Waals surface area contributed by atoms with Crippen LogP contribution in [0.25, 0.3) is 0 Å². The van der Waals surface area contributed by atoms with Gasteiger partial charge in [-0.25, -0.2) is 0 Å². The molecular formula is C22H27NO6. The van der Waals surface area contributed by atoms with Crippen LogP contribution in [0.2, 0.25) is 0 Å². The van der Waals surface area contributed by atoms with Crippen LogP contribution in [0.5, 0.6) is 11.5 Å². The first kappa shape index (κ1) is 19.7. The molecular weight excluding hydrogens is 374 g/mol. The van der Waals surface area contributed by atoms with E-state index in [1.807, 2.05) is 4.90 Å². The zero-order chi connectivity index (χ0) is 20.5. The molecule has 0 spiro atoms. The SMILES string of the molecule is C[C@H]1[C@H](N2C[C@H](C(=O)OCC(=O)c3ccc4c(c3)OCO4)CC2=O)CCC[C@@H]1C. The molecule has 1 aromatic carbocycles. The molecule has 1 aliphatic carbocycles. The molecule has 4 atom stereocenters. The van der Waals surface area contributed by atoms with Crippen LogP contribution < -0.4 is 9.47 Å². The third-order valence-corrected chi connectivity index (χ3v) is 6.60. The molecule has 1 aromatic rings. The van der Waals surface area contributed by atoms with E-state index in [-0.39, 0.29) is 37.6 Å². The average molecular weight is 401 g/mol. The monoisotopic (exact) mass is 401 g/mol. The molecule has 4 rings (SSSR count). The number of carbonyl (C=O) groups is 3. The van der Waals surface area contributed by atoms with Crippen molar-refractivity contribution in [3.05, 3.63) is 23.8 Å². The lowest BCUT2D eigenvalue weighted by atomic mass is 9.77. The maximum atomic E-state index is 12.5. The highest BCUT2D eigenvalue weighted by Crippen LogP contribution is 2.36. The molecule has 0 bridgehead atoms. The summed E-state index contributed by atoms with van der Waals surface area (Å²) in [6.07, 6.45) is 3.45. The Morgan fingerprint density at radius 2 is 1.97 bits per heavy atom. The third-order valence-electron chi connectivity index (χ3n) is 6.60. The highest BCUT2D eigenvalue weighted by atomic mass is 16.7. The first-order chi connectivity index (χ1) is 13.9. The number of ether oxygens (including phenoxy) is 3. The summed E-state index contributed by atoms with van der Waals surface area (Å²) in [6, 6.07) is 5.07. The fourth-order valence-corrected chi connectivity index (χ4v) is 4.61. The number of esters is 1. The van der Waals surface area contributed by atoms with E-state index < -0.39 is 11.9 Å². The molecule has 156 valence electrons. The van der Waals surface area contributed by atoms with Crippen molar-refractivity contribution in [2.75, 3.05) is 19.9 Å². The van der Waals surface area contributed by atoms with Crippen molar-refractivity contribution in [1.29, 1.82) is 0 Å². The van der Waals surface area contributed by atoms with Crippen LogP contribution in [0.4, 0.5) is 0 Å². The number of ketones is 1. The number of rotatable bonds is 5. The third kappa shape index (κ3) is 3.95. The average Bonchev–Trinajstić information content (AvgIpc) is 3.34. The van der Waals surface area contributed by atoms with Crippen LogP contribution >= 0.6 is 0 Å². The Labute approximate surface area is 170 Å². The van der Waals surface area contributed by atoms with Gasteiger partial charge < -0.3 is 19.1 Å². The second-order valence-electron chi connectivity index (χ2n) is 8.38. The van der Waals surface area contributed by atoms with Crippen LogP contribution in [0.3, 0.4) is 0 Å². The van der Waals surface area contributed by atoms with Crippen molar-refractivity contribution >= 4 is 17.7 Å². The van der Waals surface area contributed by atoms with E-state index >= 15 is 0 Å². The van der Waals surface area contributed by atoms with Crippen molar-refractivity contribution < 1.29 is 28.6 Å². The van der Waals surface area contributed by atoms with Crippen LogP contribution in [0, 0.1) is 17.8 Å². The number of hydrogen-bond acceptors (Lipinski definition) is 6. The number of carbonyl (C=O) groups excluding carboxylic acids is 3. The molecule has 0 unspecified atom stereocenters. The minimum atomic E-state index is -0.503. The Morgan fingerprint density at radius 1 is 1.17 bits per heavy atom. The highest BCUT2D eigenvalue weighted by Gasteiger charge is 2.42. The number of fused-ring (bicyclic) bond motifs is 1. The Morgan fingerprint density at radius 3 is 2.79 bits per heavy atom. The summed E-state index contributed by atoms with van der Waals surface area (Å²) in [5, 5.41) is 0. The van der Waals surface area contributed by atoms with E-state index in [4.69, 9.17) is 14.2 Å². The molecule has 0 aromatic heterocycles. The van der Waals surface area contributed by atoms with E-state index in [2.05, 4.69) is 13.8 Å². The van der Waals surface area contributed by atoms with Gasteiger partial charge in [0.15, 0.2) is 23.9 Å². The van der Waals surface area contributed by atoms with Crippen molar-refractivity contribution in [1.82, 2.24) is 4.90 Å². The normalized spacial score (nSPS) is 28.5. The highest BCUT2D eigenvalue weighted by molar-refractivity contribution is 5.99. The zero-order valence-corrected chi connectivity index (χ0v) is 16.9. The van der Waals surface area contributed by atoms with Crippen LogP contribution in [0.1, 0.15) is 49.9 Å². The van der Waals surface area contributed by atoms with Gasteiger partial charge >= 0.3 is 5.97 Å². The van der Waals surface area contributed by atoms with E-state index in [0.29, 0.717) is 35.4 Å². The molecule has 7 nitrogen and oxygen atoms in total. The molecule has 1 amide bonds. The lowest BCUT2D eigenvalue weighted by Gasteiger charge is -2.39. The number of hydrogen-bond donors (Lipinski definition) is 0. The van der Waals surface area contributed by atoms with Gasteiger partial charge in [0.05, 0.1) is 5.92 Å². The van der Waals surface area contributed by atoms with Crippen molar-refractivity contribution in [2.24, 2.45) is 17.8 Å². The molecule has 0 N–H and O–H groups in total. The molecule has 2 fully saturated rings. The molecule has 2 aliphatic heterocycles. The van der Waals surface area contributed by atoms with Crippen LogP contribution in [-0.4, -0.2) is 48.5 Å². The van der Waals surface area contributed by atoms with Crippen molar-refractivity contribution in [2.45, 2.75) is 45.6 Å². The van der Waals surface area contributed by atoms with E-state index in [1.54, 1.807) is 18.2 Å². The summed E-state index contributed by atoms with van der Waals surface area (Å²) in [6.45, 7) is 4.59. The van der Waals surface area contributed by atoms with Gasteiger partial charge in [0.1, 0.15) is 0 Å². The Kier molecular flexibility index (Phi) is 5.48. The van der Waals surface area contributed by atoms with Gasteiger partial charge in [-0.15, -0.1) is 0 Å². The van der Waals surface area contributed by atoms with Crippen molar-refractivity contribution in [3.8, 4) is 11.5 Å². The topological polar surface area (TPSA) is 82.1 Å². The predicted molar refractivity (Wildman–Crippen MR) is 104 cm³/mol. The maximum absolute atomic E-state index is 12.5. The van der Waals surface area contributed by atoms with Crippen LogP contribution in [0.15, 0.2) is 18.2 Å². The largest absolute Gasteiger partial charge is 0.457 e. The van der Waals surface area contributed by atoms with E-state index in [0.717, 1.165) is 12.8 Å². The van der Waals surface area contributed by atoms with Crippen LogP contribution in [-0.2, 0) is 14.3 Å². The van der Waals surface area contributed by atoms with E-state index in [1.165, 1.54) is 6.42 Å². The summed E-state index contributed by atoms with van der Waals surface area (Å²) in [7, 11) is 0. The molecule has 1 saturated carbocycles. The smallest absolute Gasteiger partial charge is 0.311 e. The molecule has 0 radical (unpaired) electrons. The first-order valence-corrected chi connectivity index (χ1v) is 10.3. The number of nitrogens with zero attached hydrogens (tertiary/aromatic N) is 1. The standard InChI is InChI=1S/C22H27NO6/c1-13-4-3-5-17(14(13)2)23-10-16(9-21(23)25)22(26)27-11-18(24)15-6-7-19-20(8-15)29-12-28-19/h6-8,13-14,16-17H,3-5,9-12H2,1-2H3/t13-,14+,16+,17+/m0/s1. The van der Waals surface area contributed by atoms with Gasteiger partial charge in [-0.05, 0) is 36.5 Å². The molecule has 7 heteroatoms. The van der Waals surface area contributed by atoms with Crippen molar-refractivity contribution in [3.63, 3.8) is 0 Å². The summed E-state index contributed by atoms with van der Waals surface area (Å²) < 4.78 is 15.7. The summed E-state index contributed by atoms with van der Waals surface area (Å²) in [5.41, 5.74) is 0.399. The van der Waals surface area contributed by atoms with Gasteiger partial charge in [-0.3, -0.25) is 14.4 Å². The molecule has 3 aliphatic rings. The zero-order valence-electron chi connectivity index (χ0n) is 16.9. The lowest BCUT2D eigenvalue weighted by molar-refractivity contribution is -0.147. The number of amides is 1. The summed E-state index contributed by atoms with van der Waals surface area (Å²) in [5.74, 6) is 0.821. The minimum absolute atomic E-state index is 0.0139. The Balaban J connectivity index is 1.32. The number of benzene rings is 1. The molecule has 2 heterocycles. The van der Waals surface area contributed by atoms with Gasteiger partial charge in [0, 0.05) is 24.6 Å². The number of likely N-dealkylation sites (tertiary alicyclic amines) is 1. The fraction of sp³-hybridized carbons (Fsp3) is 0.591. The summed E-state index contributed by atoms with van der Waals surface area (Å²) >= 11 is 0.